The zero-order chi connectivity index (χ0) is 24.3. The van der Waals surface area contributed by atoms with E-state index in [1.165, 1.54) is 17.5 Å². The average Bonchev–Trinajstić information content (AvgIpc) is 3.17. The molecule has 16 heteroatoms. The van der Waals surface area contributed by atoms with Gasteiger partial charge in [-0.2, -0.15) is 0 Å². The van der Waals surface area contributed by atoms with Crippen LogP contribution in [0.2, 0.25) is 0 Å². The molecule has 0 saturated carbocycles. The van der Waals surface area contributed by atoms with Gasteiger partial charge in [-0.1, -0.05) is 17.3 Å². The normalized spacial score (nSPS) is 21.2. The van der Waals surface area contributed by atoms with E-state index in [1.54, 1.807) is 0 Å². The molecular formula is C17H20N6O7S3. The van der Waals surface area contributed by atoms with Gasteiger partial charge in [-0.05, 0) is 5.57 Å². The number of carbonyl (C=O) groups is 3. The molecule has 1 aromatic heterocycles. The van der Waals surface area contributed by atoms with Gasteiger partial charge in [-0.15, -0.1) is 23.1 Å². The van der Waals surface area contributed by atoms with Crippen LogP contribution in [0.4, 0.5) is 5.13 Å². The minimum atomic E-state index is -3.67. The second-order valence-corrected chi connectivity index (χ2v) is 11.0. The Morgan fingerprint density at radius 1 is 1.39 bits per heavy atom. The molecule has 0 aromatic carbocycles. The number of β-lactam (4-membered cyclic amide) rings is 1. The number of sulfone groups is 1. The lowest BCUT2D eigenvalue weighted by atomic mass is 10.0. The SMILES string of the molecule is NC/C=C\CS(=O)(=O)CC1=C(C(=O)O)N2C(=O)C(NC(=O)/C(=N\O)c3csc(N)n3)[C@H]2SC1. The Kier molecular flexibility index (Phi) is 7.41. The first kappa shape index (κ1) is 24.7. The summed E-state index contributed by atoms with van der Waals surface area (Å²) >= 11 is 2.14. The lowest BCUT2D eigenvalue weighted by Gasteiger charge is -2.49. The highest BCUT2D eigenvalue weighted by Gasteiger charge is 2.54. The monoisotopic (exact) mass is 516 g/mol. The minimum Gasteiger partial charge on any atom is -0.477 e. The summed E-state index contributed by atoms with van der Waals surface area (Å²) in [6.07, 6.45) is 2.86. The molecule has 1 saturated heterocycles. The number of nitrogens with one attached hydrogen (secondary N) is 1. The number of oxime groups is 1. The Labute approximate surface area is 196 Å². The van der Waals surface area contributed by atoms with Gasteiger partial charge in [0.1, 0.15) is 22.8 Å². The number of aromatic nitrogens is 1. The fourth-order valence-corrected chi connectivity index (χ4v) is 6.59. The zero-order valence-corrected chi connectivity index (χ0v) is 19.3. The molecule has 1 fully saturated rings. The van der Waals surface area contributed by atoms with Crippen molar-refractivity contribution in [3.8, 4) is 0 Å². The number of carboxylic acid groups (broad SMARTS) is 1. The second-order valence-electron chi connectivity index (χ2n) is 6.90. The first-order valence-electron chi connectivity index (χ1n) is 9.29. The number of thioether (sulfide) groups is 1. The lowest BCUT2D eigenvalue weighted by molar-refractivity contribution is -0.150. The summed E-state index contributed by atoms with van der Waals surface area (Å²) in [7, 11) is -3.67. The topological polar surface area (TPSA) is 218 Å². The number of fused-ring (bicyclic) bond motifs is 1. The average molecular weight is 517 g/mol. The number of nitrogens with two attached hydrogens (primary N) is 2. The first-order valence-corrected chi connectivity index (χ1v) is 13.0. The summed E-state index contributed by atoms with van der Waals surface area (Å²) in [6, 6.07) is -1.10. The molecule has 0 radical (unpaired) electrons. The van der Waals surface area contributed by atoms with Gasteiger partial charge >= 0.3 is 5.97 Å². The van der Waals surface area contributed by atoms with Crippen LogP contribution in [0.1, 0.15) is 5.69 Å². The number of anilines is 1. The molecule has 2 amide bonds. The van der Waals surface area contributed by atoms with Crippen LogP contribution in [-0.4, -0.2) is 87.3 Å². The van der Waals surface area contributed by atoms with Crippen molar-refractivity contribution in [1.29, 1.82) is 0 Å². The highest BCUT2D eigenvalue weighted by molar-refractivity contribution is 8.00. The molecule has 0 spiro atoms. The van der Waals surface area contributed by atoms with Crippen LogP contribution in [0.5, 0.6) is 0 Å². The fraction of sp³-hybridized carbons (Fsp3) is 0.353. The first-order chi connectivity index (χ1) is 15.6. The Morgan fingerprint density at radius 2 is 2.12 bits per heavy atom. The van der Waals surface area contributed by atoms with Crippen LogP contribution < -0.4 is 16.8 Å². The molecule has 33 heavy (non-hydrogen) atoms. The molecule has 1 aromatic rings. The number of rotatable bonds is 9. The molecule has 2 aliphatic rings. The Hall–Kier alpha value is -2.95. The summed E-state index contributed by atoms with van der Waals surface area (Å²) < 4.78 is 24.7. The summed E-state index contributed by atoms with van der Waals surface area (Å²) in [4.78, 5) is 41.9. The minimum absolute atomic E-state index is 0.0136. The van der Waals surface area contributed by atoms with E-state index in [2.05, 4.69) is 15.5 Å². The second kappa shape index (κ2) is 9.90. The molecular weight excluding hydrogens is 496 g/mol. The molecule has 2 atom stereocenters. The van der Waals surface area contributed by atoms with Crippen LogP contribution >= 0.6 is 23.1 Å². The van der Waals surface area contributed by atoms with Gasteiger partial charge in [0.25, 0.3) is 11.8 Å². The third-order valence-corrected chi connectivity index (χ3v) is 8.17. The molecule has 178 valence electrons. The maximum absolute atomic E-state index is 12.7. The summed E-state index contributed by atoms with van der Waals surface area (Å²) in [5.74, 6) is -3.89. The molecule has 7 N–H and O–H groups in total. The predicted octanol–water partition coefficient (Wildman–Crippen LogP) is -1.43. The van der Waals surface area contributed by atoms with Crippen LogP contribution in [0.25, 0.3) is 0 Å². The van der Waals surface area contributed by atoms with Crippen molar-refractivity contribution in [2.45, 2.75) is 11.4 Å². The van der Waals surface area contributed by atoms with Crippen molar-refractivity contribution in [2.24, 2.45) is 10.9 Å². The maximum atomic E-state index is 12.7. The van der Waals surface area contributed by atoms with Crippen molar-refractivity contribution in [3.05, 3.63) is 34.5 Å². The quantitative estimate of drug-likeness (QED) is 0.0842. The Bertz CT molecular complexity index is 1170. The van der Waals surface area contributed by atoms with E-state index in [0.29, 0.717) is 0 Å². The van der Waals surface area contributed by atoms with E-state index < -0.39 is 56.2 Å². The van der Waals surface area contributed by atoms with Crippen molar-refractivity contribution in [2.75, 3.05) is 29.5 Å². The number of nitrogens with zero attached hydrogens (tertiary/aromatic N) is 3. The van der Waals surface area contributed by atoms with Gasteiger partial charge in [-0.3, -0.25) is 14.5 Å². The molecule has 0 bridgehead atoms. The number of carboxylic acids is 1. The van der Waals surface area contributed by atoms with Crippen molar-refractivity contribution in [3.63, 3.8) is 0 Å². The van der Waals surface area contributed by atoms with Crippen LogP contribution in [0.3, 0.4) is 0 Å². The van der Waals surface area contributed by atoms with Crippen molar-refractivity contribution in [1.82, 2.24) is 15.2 Å². The molecule has 3 rings (SSSR count). The number of thiazole rings is 1. The molecule has 13 nitrogen and oxygen atoms in total. The fourth-order valence-electron chi connectivity index (χ4n) is 3.25. The summed E-state index contributed by atoms with van der Waals surface area (Å²) in [5, 5.41) is 25.0. The van der Waals surface area contributed by atoms with Crippen LogP contribution in [0, 0.1) is 0 Å². The maximum Gasteiger partial charge on any atom is 0.352 e. The highest BCUT2D eigenvalue weighted by Crippen LogP contribution is 2.40. The van der Waals surface area contributed by atoms with E-state index in [4.69, 9.17) is 11.5 Å². The van der Waals surface area contributed by atoms with E-state index in [1.807, 2.05) is 0 Å². The number of carbonyl (C=O) groups excluding carboxylic acids is 2. The van der Waals surface area contributed by atoms with E-state index in [-0.39, 0.29) is 34.4 Å². The third kappa shape index (κ3) is 5.18. The van der Waals surface area contributed by atoms with Gasteiger partial charge in [-0.25, -0.2) is 18.2 Å². The van der Waals surface area contributed by atoms with Crippen LogP contribution in [-0.2, 0) is 24.2 Å². The van der Waals surface area contributed by atoms with Gasteiger partial charge in [0.05, 0.1) is 11.5 Å². The standard InChI is InChI=1S/C17H20N6O7S3/c18-3-1-2-4-33(29,30)7-8-5-31-15-11(14(25)23(15)12(8)16(26)27)21-13(24)10(22-28)9-6-32-17(19)20-9/h1-2,6,11,15,28H,3-5,7,18H2,(H2,19,20)(H,21,24)(H,26,27)/b2-1-,22-10-/t11?,15-/m1/s1. The van der Waals surface area contributed by atoms with Gasteiger partial charge < -0.3 is 27.1 Å². The zero-order valence-electron chi connectivity index (χ0n) is 16.9. The molecule has 0 aliphatic carbocycles. The lowest BCUT2D eigenvalue weighted by Crippen LogP contribution is -2.71. The van der Waals surface area contributed by atoms with E-state index >= 15 is 0 Å². The largest absolute Gasteiger partial charge is 0.477 e. The van der Waals surface area contributed by atoms with E-state index in [0.717, 1.165) is 28.0 Å². The number of hydrogen-bond acceptors (Lipinski definition) is 12. The number of amides is 2. The van der Waals surface area contributed by atoms with Gasteiger partial charge in [0.2, 0.25) is 0 Å². The summed E-state index contributed by atoms with van der Waals surface area (Å²) in [6.45, 7) is 0.171. The van der Waals surface area contributed by atoms with Crippen molar-refractivity contribution < 1.29 is 33.1 Å². The smallest absolute Gasteiger partial charge is 0.352 e. The number of nitrogen functional groups attached to an aromatic ring is 1. The van der Waals surface area contributed by atoms with Crippen molar-refractivity contribution >= 4 is 61.6 Å². The Balaban J connectivity index is 1.77. The van der Waals surface area contributed by atoms with Gasteiger partial charge in [0.15, 0.2) is 20.7 Å². The highest BCUT2D eigenvalue weighted by atomic mass is 32.2. The van der Waals surface area contributed by atoms with Gasteiger partial charge in [0, 0.05) is 17.7 Å². The number of aliphatic carboxylic acids is 1. The number of hydrogen-bond donors (Lipinski definition) is 5. The third-order valence-electron chi connectivity index (χ3n) is 4.66. The Morgan fingerprint density at radius 3 is 2.70 bits per heavy atom. The molecule has 3 heterocycles. The van der Waals surface area contributed by atoms with Crippen LogP contribution in [0.15, 0.2) is 34.0 Å². The molecule has 1 unspecified atom stereocenters. The van der Waals surface area contributed by atoms with E-state index in [9.17, 15) is 33.1 Å². The predicted molar refractivity (Wildman–Crippen MR) is 121 cm³/mol. The summed E-state index contributed by atoms with van der Waals surface area (Å²) in [5.41, 5.74) is 10.0. The molecule has 2 aliphatic heterocycles.